The van der Waals surface area contributed by atoms with E-state index < -0.39 is 11.5 Å². The third-order valence-electron chi connectivity index (χ3n) is 2.78. The third kappa shape index (κ3) is 2.97. The topological polar surface area (TPSA) is 75.3 Å². The summed E-state index contributed by atoms with van der Waals surface area (Å²) < 4.78 is 0. The van der Waals surface area contributed by atoms with E-state index in [0.29, 0.717) is 30.1 Å². The van der Waals surface area contributed by atoms with Gasteiger partial charge in [-0.3, -0.25) is 5.32 Å². The first-order valence-electron chi connectivity index (χ1n) is 5.51. The molecule has 1 aromatic carbocycles. The minimum Gasteiger partial charge on any atom is -0.480 e. The molecule has 0 saturated heterocycles. The number of rotatable bonds is 6. The Bertz CT molecular complexity index is 398. The third-order valence-corrected chi connectivity index (χ3v) is 3.02. The van der Waals surface area contributed by atoms with E-state index in [2.05, 4.69) is 5.32 Å². The fourth-order valence-electron chi connectivity index (χ4n) is 1.82. The van der Waals surface area contributed by atoms with Crippen molar-refractivity contribution in [1.82, 2.24) is 5.32 Å². The Hall–Kier alpha value is -1.10. The van der Waals surface area contributed by atoms with Crippen molar-refractivity contribution in [2.45, 2.75) is 18.9 Å². The van der Waals surface area contributed by atoms with Gasteiger partial charge in [-0.05, 0) is 24.1 Å². The zero-order valence-electron chi connectivity index (χ0n) is 9.74. The Labute approximate surface area is 106 Å². The number of benzene rings is 1. The van der Waals surface area contributed by atoms with Crippen LogP contribution in [0.3, 0.4) is 0 Å². The lowest BCUT2D eigenvalue weighted by molar-refractivity contribution is -0.145. The molecule has 0 spiro atoms. The maximum absolute atomic E-state index is 11.5. The molecule has 1 unspecified atom stereocenters. The van der Waals surface area contributed by atoms with Gasteiger partial charge in [0.05, 0.1) is 0 Å². The van der Waals surface area contributed by atoms with E-state index in [9.17, 15) is 9.90 Å². The van der Waals surface area contributed by atoms with Crippen LogP contribution in [0.1, 0.15) is 18.9 Å². The van der Waals surface area contributed by atoms with Crippen LogP contribution in [-0.4, -0.2) is 24.2 Å². The molecule has 0 aliphatic heterocycles. The zero-order chi connectivity index (χ0) is 12.9. The van der Waals surface area contributed by atoms with Crippen molar-refractivity contribution in [3.8, 4) is 0 Å². The molecule has 17 heavy (non-hydrogen) atoms. The average Bonchev–Trinajstić information content (AvgIpc) is 2.30. The molecule has 0 aliphatic carbocycles. The van der Waals surface area contributed by atoms with Crippen molar-refractivity contribution in [2.24, 2.45) is 5.73 Å². The number of nitrogens with two attached hydrogens (primary N) is 1. The van der Waals surface area contributed by atoms with Crippen LogP contribution in [0.4, 0.5) is 0 Å². The van der Waals surface area contributed by atoms with Gasteiger partial charge in [0.2, 0.25) is 0 Å². The number of halogens is 1. The molecule has 1 rings (SSSR count). The molecule has 0 saturated carbocycles. The summed E-state index contributed by atoms with van der Waals surface area (Å²) >= 11 is 5.90. The first-order chi connectivity index (χ1) is 8.06. The van der Waals surface area contributed by atoms with Gasteiger partial charge in [-0.25, -0.2) is 4.79 Å². The Morgan fingerprint density at radius 3 is 2.76 bits per heavy atom. The van der Waals surface area contributed by atoms with Gasteiger partial charge in [0, 0.05) is 18.1 Å². The first-order valence-corrected chi connectivity index (χ1v) is 5.89. The second-order valence-electron chi connectivity index (χ2n) is 3.79. The van der Waals surface area contributed by atoms with Crippen LogP contribution in [0.5, 0.6) is 0 Å². The van der Waals surface area contributed by atoms with Crippen LogP contribution in [-0.2, 0) is 10.3 Å². The van der Waals surface area contributed by atoms with E-state index in [4.69, 9.17) is 17.3 Å². The smallest absolute Gasteiger partial charge is 0.328 e. The monoisotopic (exact) mass is 256 g/mol. The lowest BCUT2D eigenvalue weighted by atomic mass is 9.87. The summed E-state index contributed by atoms with van der Waals surface area (Å²) in [6, 6.07) is 6.89. The molecule has 0 aromatic heterocycles. The predicted octanol–water partition coefficient (Wildman–Crippen LogP) is 1.58. The lowest BCUT2D eigenvalue weighted by Crippen LogP contribution is -2.50. The first kappa shape index (κ1) is 14.0. The molecule has 0 fully saturated rings. The zero-order valence-corrected chi connectivity index (χ0v) is 10.5. The van der Waals surface area contributed by atoms with Crippen molar-refractivity contribution < 1.29 is 9.90 Å². The SMILES string of the molecule is CCC(NCCN)(C(=O)O)c1cccc(Cl)c1. The summed E-state index contributed by atoms with van der Waals surface area (Å²) in [6.45, 7) is 2.64. The van der Waals surface area contributed by atoms with Gasteiger partial charge in [-0.1, -0.05) is 30.7 Å². The summed E-state index contributed by atoms with van der Waals surface area (Å²) in [5.41, 5.74) is 4.94. The van der Waals surface area contributed by atoms with Gasteiger partial charge < -0.3 is 10.8 Å². The highest BCUT2D eigenvalue weighted by Gasteiger charge is 2.37. The number of carbonyl (C=O) groups is 1. The lowest BCUT2D eigenvalue weighted by Gasteiger charge is -2.30. The molecule has 0 amide bonds. The highest BCUT2D eigenvalue weighted by Crippen LogP contribution is 2.27. The molecule has 4 N–H and O–H groups in total. The Morgan fingerprint density at radius 1 is 1.59 bits per heavy atom. The Morgan fingerprint density at radius 2 is 2.29 bits per heavy atom. The molecule has 0 radical (unpaired) electrons. The van der Waals surface area contributed by atoms with Crippen molar-refractivity contribution in [1.29, 1.82) is 0 Å². The fraction of sp³-hybridized carbons (Fsp3) is 0.417. The summed E-state index contributed by atoms with van der Waals surface area (Å²) in [7, 11) is 0. The second-order valence-corrected chi connectivity index (χ2v) is 4.23. The predicted molar refractivity (Wildman–Crippen MR) is 68.1 cm³/mol. The molecule has 1 atom stereocenters. The number of aliphatic carboxylic acids is 1. The van der Waals surface area contributed by atoms with E-state index in [1.807, 2.05) is 6.92 Å². The Kier molecular flexibility index (Phi) is 4.93. The Balaban J connectivity index is 3.16. The normalized spacial score (nSPS) is 14.3. The van der Waals surface area contributed by atoms with Crippen LogP contribution in [0.15, 0.2) is 24.3 Å². The highest BCUT2D eigenvalue weighted by molar-refractivity contribution is 6.30. The number of nitrogens with one attached hydrogen (secondary N) is 1. The summed E-state index contributed by atoms with van der Waals surface area (Å²) in [5, 5.41) is 13.0. The van der Waals surface area contributed by atoms with E-state index >= 15 is 0 Å². The quantitative estimate of drug-likeness (QED) is 0.722. The average molecular weight is 257 g/mol. The minimum absolute atomic E-state index is 0.385. The van der Waals surface area contributed by atoms with E-state index in [1.54, 1.807) is 24.3 Å². The number of carboxylic acid groups (broad SMARTS) is 1. The van der Waals surface area contributed by atoms with Crippen molar-refractivity contribution in [3.63, 3.8) is 0 Å². The highest BCUT2D eigenvalue weighted by atomic mass is 35.5. The number of hydrogen-bond acceptors (Lipinski definition) is 3. The van der Waals surface area contributed by atoms with Gasteiger partial charge in [0.15, 0.2) is 0 Å². The van der Waals surface area contributed by atoms with Crippen LogP contribution in [0.25, 0.3) is 0 Å². The second kappa shape index (κ2) is 6.00. The van der Waals surface area contributed by atoms with E-state index in [1.165, 1.54) is 0 Å². The summed E-state index contributed by atoms with van der Waals surface area (Å²) in [6.07, 6.45) is 0.419. The largest absolute Gasteiger partial charge is 0.480 e. The molecule has 94 valence electrons. The van der Waals surface area contributed by atoms with Gasteiger partial charge in [0.1, 0.15) is 5.54 Å². The molecule has 0 bridgehead atoms. The molecule has 5 heteroatoms. The number of hydrogen-bond donors (Lipinski definition) is 3. The molecule has 0 heterocycles. The standard InChI is InChI=1S/C12H17ClN2O2/c1-2-12(11(16)17,15-7-6-14)9-4-3-5-10(13)8-9/h3-5,8,15H,2,6-7,14H2,1H3,(H,16,17). The van der Waals surface area contributed by atoms with Crippen LogP contribution in [0, 0.1) is 0 Å². The van der Waals surface area contributed by atoms with Gasteiger partial charge >= 0.3 is 5.97 Å². The molecule has 4 nitrogen and oxygen atoms in total. The van der Waals surface area contributed by atoms with Crippen molar-refractivity contribution in [2.75, 3.05) is 13.1 Å². The molecule has 1 aromatic rings. The maximum Gasteiger partial charge on any atom is 0.328 e. The summed E-state index contributed by atoms with van der Waals surface area (Å²) in [4.78, 5) is 11.5. The van der Waals surface area contributed by atoms with Gasteiger partial charge in [0.25, 0.3) is 0 Å². The maximum atomic E-state index is 11.5. The van der Waals surface area contributed by atoms with Crippen molar-refractivity contribution >= 4 is 17.6 Å². The van der Waals surface area contributed by atoms with E-state index in [0.717, 1.165) is 0 Å². The van der Waals surface area contributed by atoms with Crippen LogP contribution >= 0.6 is 11.6 Å². The minimum atomic E-state index is -1.12. The molecular weight excluding hydrogens is 240 g/mol. The molecular formula is C12H17ClN2O2. The summed E-state index contributed by atoms with van der Waals surface area (Å²) in [5.74, 6) is -0.921. The van der Waals surface area contributed by atoms with Gasteiger partial charge in [-0.2, -0.15) is 0 Å². The van der Waals surface area contributed by atoms with Crippen LogP contribution < -0.4 is 11.1 Å². The van der Waals surface area contributed by atoms with Crippen molar-refractivity contribution in [3.05, 3.63) is 34.9 Å². The van der Waals surface area contributed by atoms with E-state index in [-0.39, 0.29) is 0 Å². The fourth-order valence-corrected chi connectivity index (χ4v) is 2.01. The van der Waals surface area contributed by atoms with Crippen LogP contribution in [0.2, 0.25) is 5.02 Å². The van der Waals surface area contributed by atoms with Gasteiger partial charge in [-0.15, -0.1) is 0 Å². The molecule has 0 aliphatic rings. The number of carboxylic acids is 1.